The van der Waals surface area contributed by atoms with Gasteiger partial charge in [0, 0.05) is 17.6 Å². The Kier molecular flexibility index (Phi) is 7.85. The van der Waals surface area contributed by atoms with Crippen LogP contribution in [0.3, 0.4) is 0 Å². The van der Waals surface area contributed by atoms with Crippen molar-refractivity contribution in [3.05, 3.63) is 34.1 Å². The maximum absolute atomic E-state index is 14.1. The highest BCUT2D eigenvalue weighted by molar-refractivity contribution is 9.10. The molecule has 1 atom stereocenters. The molecular weight excluding hydrogens is 333 g/mol. The number of ether oxygens (including phenoxy) is 1. The normalized spacial score (nSPS) is 13.4. The molecule has 0 aliphatic carbocycles. The molecule has 0 spiro atoms. The second-order valence-corrected chi connectivity index (χ2v) is 6.34. The van der Waals surface area contributed by atoms with Gasteiger partial charge in [-0.2, -0.15) is 0 Å². The summed E-state index contributed by atoms with van der Waals surface area (Å²) in [5.41, 5.74) is 0.476. The summed E-state index contributed by atoms with van der Waals surface area (Å²) < 4.78 is 20.7. The van der Waals surface area contributed by atoms with E-state index in [0.717, 1.165) is 35.8 Å². The molecule has 0 bridgehead atoms. The lowest BCUT2D eigenvalue weighted by atomic mass is 9.84. The molecule has 1 unspecified atom stereocenters. The molecule has 0 heterocycles. The molecule has 21 heavy (non-hydrogen) atoms. The predicted molar refractivity (Wildman–Crippen MR) is 90.2 cm³/mol. The highest BCUT2D eigenvalue weighted by atomic mass is 79.9. The fraction of sp³-hybridized carbons (Fsp3) is 0.647. The first-order chi connectivity index (χ1) is 10.0. The molecular formula is C17H27BrFNO. The summed E-state index contributed by atoms with van der Waals surface area (Å²) in [5, 5.41) is 3.55. The average molecular weight is 360 g/mol. The lowest BCUT2D eigenvalue weighted by Gasteiger charge is -2.39. The molecule has 2 nitrogen and oxygen atoms in total. The van der Waals surface area contributed by atoms with E-state index in [1.54, 1.807) is 7.11 Å². The topological polar surface area (TPSA) is 21.3 Å². The third-order valence-corrected chi connectivity index (χ3v) is 4.81. The number of rotatable bonds is 9. The van der Waals surface area contributed by atoms with Crippen LogP contribution in [0.25, 0.3) is 0 Å². The minimum atomic E-state index is -0.255. The number of hydrogen-bond donors (Lipinski definition) is 1. The first kappa shape index (κ1) is 18.6. The molecule has 1 aromatic carbocycles. The van der Waals surface area contributed by atoms with E-state index in [-0.39, 0.29) is 17.5 Å². The van der Waals surface area contributed by atoms with Crippen LogP contribution in [0, 0.1) is 5.82 Å². The Bertz CT molecular complexity index is 427. The fourth-order valence-corrected chi connectivity index (χ4v) is 3.18. The van der Waals surface area contributed by atoms with E-state index in [1.807, 2.05) is 12.1 Å². The van der Waals surface area contributed by atoms with Crippen LogP contribution in [-0.4, -0.2) is 25.3 Å². The van der Waals surface area contributed by atoms with E-state index >= 15 is 0 Å². The van der Waals surface area contributed by atoms with Crippen LogP contribution in [0.2, 0.25) is 0 Å². The molecule has 0 aliphatic rings. The molecule has 1 aromatic rings. The van der Waals surface area contributed by atoms with Crippen molar-refractivity contribution in [3.63, 3.8) is 0 Å². The zero-order valence-electron chi connectivity index (χ0n) is 13.5. The lowest BCUT2D eigenvalue weighted by Crippen LogP contribution is -2.53. The first-order valence-corrected chi connectivity index (χ1v) is 8.54. The SMILES string of the molecule is CCCNC(Cc1ccc(Br)cc1F)C(CC)(CC)OC. The van der Waals surface area contributed by atoms with Crippen LogP contribution < -0.4 is 5.32 Å². The molecule has 120 valence electrons. The van der Waals surface area contributed by atoms with Crippen molar-refractivity contribution < 1.29 is 9.13 Å². The maximum atomic E-state index is 14.1. The van der Waals surface area contributed by atoms with E-state index in [0.29, 0.717) is 6.42 Å². The van der Waals surface area contributed by atoms with Crippen LogP contribution in [0.5, 0.6) is 0 Å². The van der Waals surface area contributed by atoms with Gasteiger partial charge in [-0.1, -0.05) is 42.8 Å². The average Bonchev–Trinajstić information content (AvgIpc) is 2.49. The van der Waals surface area contributed by atoms with Crippen molar-refractivity contribution in [3.8, 4) is 0 Å². The van der Waals surface area contributed by atoms with Gasteiger partial charge in [-0.3, -0.25) is 0 Å². The van der Waals surface area contributed by atoms with Gasteiger partial charge < -0.3 is 10.1 Å². The Morgan fingerprint density at radius 2 is 1.95 bits per heavy atom. The molecule has 0 aromatic heterocycles. The van der Waals surface area contributed by atoms with Gasteiger partial charge in [0.05, 0.1) is 5.60 Å². The molecule has 1 N–H and O–H groups in total. The van der Waals surface area contributed by atoms with Gasteiger partial charge in [0.2, 0.25) is 0 Å². The Balaban J connectivity index is 3.01. The smallest absolute Gasteiger partial charge is 0.127 e. The number of nitrogens with one attached hydrogen (secondary N) is 1. The van der Waals surface area contributed by atoms with Gasteiger partial charge in [0.1, 0.15) is 5.82 Å². The van der Waals surface area contributed by atoms with E-state index in [4.69, 9.17) is 4.74 Å². The van der Waals surface area contributed by atoms with Gasteiger partial charge in [0.15, 0.2) is 0 Å². The third-order valence-electron chi connectivity index (χ3n) is 4.32. The molecule has 0 amide bonds. The Hall–Kier alpha value is -0.450. The monoisotopic (exact) mass is 359 g/mol. The van der Waals surface area contributed by atoms with Gasteiger partial charge >= 0.3 is 0 Å². The van der Waals surface area contributed by atoms with E-state index in [1.165, 1.54) is 6.07 Å². The van der Waals surface area contributed by atoms with Crippen LogP contribution in [0.1, 0.15) is 45.6 Å². The summed E-state index contributed by atoms with van der Waals surface area (Å²) in [6, 6.07) is 5.37. The van der Waals surface area contributed by atoms with E-state index in [9.17, 15) is 4.39 Å². The van der Waals surface area contributed by atoms with Crippen molar-refractivity contribution in [1.29, 1.82) is 0 Å². The summed E-state index contributed by atoms with van der Waals surface area (Å²) in [5.74, 6) is -0.162. The van der Waals surface area contributed by atoms with Gasteiger partial charge in [-0.25, -0.2) is 4.39 Å². The number of hydrogen-bond acceptors (Lipinski definition) is 2. The number of benzene rings is 1. The summed E-state index contributed by atoms with van der Waals surface area (Å²) in [7, 11) is 1.76. The van der Waals surface area contributed by atoms with Crippen LogP contribution in [-0.2, 0) is 11.2 Å². The zero-order chi connectivity index (χ0) is 15.9. The van der Waals surface area contributed by atoms with Crippen LogP contribution >= 0.6 is 15.9 Å². The van der Waals surface area contributed by atoms with Crippen molar-refractivity contribution in [1.82, 2.24) is 5.32 Å². The first-order valence-electron chi connectivity index (χ1n) is 7.75. The van der Waals surface area contributed by atoms with Crippen LogP contribution in [0.15, 0.2) is 22.7 Å². The summed E-state index contributed by atoms with van der Waals surface area (Å²) in [4.78, 5) is 0. The van der Waals surface area contributed by atoms with Gasteiger partial charge in [0.25, 0.3) is 0 Å². The standard InChI is InChI=1S/C17H27BrFNO/c1-5-10-20-16(17(6-2,7-3)21-4)11-13-8-9-14(18)12-15(13)19/h8-9,12,16,20H,5-7,10-11H2,1-4H3. The number of methoxy groups -OCH3 is 1. The molecule has 0 saturated heterocycles. The van der Waals surface area contributed by atoms with Crippen molar-refractivity contribution >= 4 is 15.9 Å². The second-order valence-electron chi connectivity index (χ2n) is 5.42. The molecule has 0 saturated carbocycles. The Labute approximate surface area is 136 Å². The van der Waals surface area contributed by atoms with Crippen molar-refractivity contribution in [2.24, 2.45) is 0 Å². The second kappa shape index (κ2) is 8.86. The minimum absolute atomic E-state index is 0.105. The largest absolute Gasteiger partial charge is 0.377 e. The Morgan fingerprint density at radius 1 is 1.29 bits per heavy atom. The zero-order valence-corrected chi connectivity index (χ0v) is 15.1. The van der Waals surface area contributed by atoms with Gasteiger partial charge in [-0.15, -0.1) is 0 Å². The lowest BCUT2D eigenvalue weighted by molar-refractivity contribution is -0.0473. The predicted octanol–water partition coefficient (Wildman–Crippen LogP) is 4.70. The molecule has 1 rings (SSSR count). The Morgan fingerprint density at radius 3 is 2.43 bits per heavy atom. The highest BCUT2D eigenvalue weighted by Crippen LogP contribution is 2.28. The molecule has 4 heteroatoms. The van der Waals surface area contributed by atoms with Gasteiger partial charge in [-0.05, 0) is 49.9 Å². The van der Waals surface area contributed by atoms with Crippen LogP contribution in [0.4, 0.5) is 4.39 Å². The number of halogens is 2. The molecule has 0 radical (unpaired) electrons. The van der Waals surface area contributed by atoms with E-state index < -0.39 is 0 Å². The molecule has 0 fully saturated rings. The quantitative estimate of drug-likeness (QED) is 0.689. The van der Waals surface area contributed by atoms with E-state index in [2.05, 4.69) is 42.0 Å². The maximum Gasteiger partial charge on any atom is 0.127 e. The third kappa shape index (κ3) is 4.76. The fourth-order valence-electron chi connectivity index (χ4n) is 2.84. The minimum Gasteiger partial charge on any atom is -0.377 e. The van der Waals surface area contributed by atoms with Crippen molar-refractivity contribution in [2.75, 3.05) is 13.7 Å². The molecule has 0 aliphatic heterocycles. The summed E-state index contributed by atoms with van der Waals surface area (Å²) in [6.45, 7) is 7.31. The van der Waals surface area contributed by atoms with Crippen molar-refractivity contribution in [2.45, 2.75) is 58.1 Å². The summed E-state index contributed by atoms with van der Waals surface area (Å²) >= 11 is 3.30. The highest BCUT2D eigenvalue weighted by Gasteiger charge is 2.35. The summed E-state index contributed by atoms with van der Waals surface area (Å²) in [6.07, 6.45) is 3.49.